The zero-order chi connectivity index (χ0) is 15.0. The molecule has 0 spiro atoms. The summed E-state index contributed by atoms with van der Waals surface area (Å²) in [6.07, 6.45) is 0. The maximum absolute atomic E-state index is 12.5. The lowest BCUT2D eigenvalue weighted by molar-refractivity contribution is -0.147. The van der Waals surface area contributed by atoms with Crippen LogP contribution in [-0.4, -0.2) is 47.7 Å². The Hall–Kier alpha value is -1.86. The zero-order valence-electron chi connectivity index (χ0n) is 10.9. The lowest BCUT2D eigenvalue weighted by Crippen LogP contribution is -2.52. The quantitative estimate of drug-likeness (QED) is 0.894. The second-order valence-electron chi connectivity index (χ2n) is 4.72. The molecular formula is C14H12BrNO5. The predicted octanol–water partition coefficient (Wildman–Crippen LogP) is 2.12. The van der Waals surface area contributed by atoms with Gasteiger partial charge in [0.25, 0.3) is 5.91 Å². The summed E-state index contributed by atoms with van der Waals surface area (Å²) in [5.74, 6) is -1.38. The summed E-state index contributed by atoms with van der Waals surface area (Å²) >= 11 is 3.33. The minimum Gasteiger partial charge on any atom is -0.480 e. The molecule has 1 N–H and O–H groups in total. The molecule has 1 aliphatic rings. The Kier molecular flexibility index (Phi) is 3.69. The van der Waals surface area contributed by atoms with Gasteiger partial charge in [-0.1, -0.05) is 15.9 Å². The monoisotopic (exact) mass is 353 g/mol. The van der Waals surface area contributed by atoms with Crippen molar-refractivity contribution in [1.82, 2.24) is 4.90 Å². The van der Waals surface area contributed by atoms with Crippen LogP contribution in [0.4, 0.5) is 0 Å². The van der Waals surface area contributed by atoms with Crippen LogP contribution in [0.25, 0.3) is 11.0 Å². The summed E-state index contributed by atoms with van der Waals surface area (Å²) in [7, 11) is 0. The molecule has 1 amide bonds. The summed E-state index contributed by atoms with van der Waals surface area (Å²) in [5.41, 5.74) is 0.577. The molecule has 110 valence electrons. The van der Waals surface area contributed by atoms with E-state index in [-0.39, 0.29) is 18.9 Å². The average Bonchev–Trinajstić information content (AvgIpc) is 2.89. The Labute approximate surface area is 128 Å². The number of amides is 1. The van der Waals surface area contributed by atoms with Crippen LogP contribution in [-0.2, 0) is 9.53 Å². The highest BCUT2D eigenvalue weighted by Gasteiger charge is 2.34. The van der Waals surface area contributed by atoms with Crippen LogP contribution in [0, 0.1) is 0 Å². The van der Waals surface area contributed by atoms with Crippen LogP contribution < -0.4 is 0 Å². The second kappa shape index (κ2) is 5.50. The van der Waals surface area contributed by atoms with Gasteiger partial charge in [0.2, 0.25) is 0 Å². The fraction of sp³-hybridized carbons (Fsp3) is 0.286. The molecule has 21 heavy (non-hydrogen) atoms. The molecule has 1 aliphatic heterocycles. The molecule has 2 aromatic rings. The Morgan fingerprint density at radius 3 is 2.90 bits per heavy atom. The second-order valence-corrected chi connectivity index (χ2v) is 5.64. The van der Waals surface area contributed by atoms with Crippen LogP contribution in [0.1, 0.15) is 10.6 Å². The number of carbonyl (C=O) groups is 2. The molecule has 1 aromatic carbocycles. The molecule has 1 fully saturated rings. The molecule has 3 rings (SSSR count). The third-order valence-corrected chi connectivity index (χ3v) is 3.86. The minimum atomic E-state index is -1.08. The molecule has 6 nitrogen and oxygen atoms in total. The first-order valence-corrected chi connectivity index (χ1v) is 7.16. The molecule has 0 aliphatic carbocycles. The van der Waals surface area contributed by atoms with Crippen LogP contribution in [0.15, 0.2) is 33.2 Å². The van der Waals surface area contributed by atoms with Gasteiger partial charge in [-0.3, -0.25) is 4.79 Å². The predicted molar refractivity (Wildman–Crippen MR) is 77.2 cm³/mol. The number of morpholine rings is 1. The number of benzene rings is 1. The molecule has 1 unspecified atom stereocenters. The molecule has 2 heterocycles. The lowest BCUT2D eigenvalue weighted by atomic mass is 10.2. The van der Waals surface area contributed by atoms with Crippen molar-refractivity contribution in [3.05, 3.63) is 34.5 Å². The Morgan fingerprint density at radius 1 is 1.33 bits per heavy atom. The molecular weight excluding hydrogens is 342 g/mol. The number of hydrogen-bond acceptors (Lipinski definition) is 4. The van der Waals surface area contributed by atoms with Crippen LogP contribution in [0.3, 0.4) is 0 Å². The number of carbonyl (C=O) groups excluding carboxylic acids is 1. The van der Waals surface area contributed by atoms with Gasteiger partial charge < -0.3 is 19.2 Å². The number of rotatable bonds is 2. The summed E-state index contributed by atoms with van der Waals surface area (Å²) in [4.78, 5) is 25.0. The van der Waals surface area contributed by atoms with Crippen LogP contribution in [0.5, 0.6) is 0 Å². The maximum atomic E-state index is 12.5. The first kappa shape index (κ1) is 14.1. The number of aliphatic carboxylic acids is 1. The van der Waals surface area contributed by atoms with Gasteiger partial charge in [0, 0.05) is 16.4 Å². The van der Waals surface area contributed by atoms with E-state index >= 15 is 0 Å². The van der Waals surface area contributed by atoms with Crippen LogP contribution in [0.2, 0.25) is 0 Å². The van der Waals surface area contributed by atoms with E-state index in [2.05, 4.69) is 15.9 Å². The van der Waals surface area contributed by atoms with Gasteiger partial charge in [-0.15, -0.1) is 0 Å². The van der Waals surface area contributed by atoms with E-state index in [0.29, 0.717) is 12.2 Å². The average molecular weight is 354 g/mol. The number of furan rings is 1. The van der Waals surface area contributed by atoms with Crippen molar-refractivity contribution in [2.45, 2.75) is 6.04 Å². The van der Waals surface area contributed by atoms with E-state index in [1.165, 1.54) is 4.90 Å². The number of fused-ring (bicyclic) bond motifs is 1. The van der Waals surface area contributed by atoms with Gasteiger partial charge in [-0.2, -0.15) is 0 Å². The van der Waals surface area contributed by atoms with E-state index in [4.69, 9.17) is 14.3 Å². The van der Waals surface area contributed by atoms with Crippen molar-refractivity contribution in [1.29, 1.82) is 0 Å². The van der Waals surface area contributed by atoms with Crippen molar-refractivity contribution >= 4 is 38.8 Å². The topological polar surface area (TPSA) is 80.0 Å². The van der Waals surface area contributed by atoms with Crippen molar-refractivity contribution in [2.24, 2.45) is 0 Å². The Morgan fingerprint density at radius 2 is 2.14 bits per heavy atom. The highest BCUT2D eigenvalue weighted by Crippen LogP contribution is 2.25. The minimum absolute atomic E-state index is 0.00709. The number of ether oxygens (including phenoxy) is 1. The van der Waals surface area contributed by atoms with Gasteiger partial charge >= 0.3 is 5.97 Å². The summed E-state index contributed by atoms with van der Waals surface area (Å²) in [5, 5.41) is 9.96. The fourth-order valence-corrected chi connectivity index (χ4v) is 2.64. The van der Waals surface area contributed by atoms with E-state index in [9.17, 15) is 9.59 Å². The van der Waals surface area contributed by atoms with E-state index in [1.54, 1.807) is 12.1 Å². The van der Waals surface area contributed by atoms with Gasteiger partial charge in [0.05, 0.1) is 13.2 Å². The Balaban J connectivity index is 1.93. The van der Waals surface area contributed by atoms with Crippen molar-refractivity contribution < 1.29 is 23.8 Å². The molecule has 0 bridgehead atoms. The van der Waals surface area contributed by atoms with E-state index in [0.717, 1.165) is 9.86 Å². The summed E-state index contributed by atoms with van der Waals surface area (Å²) < 4.78 is 11.5. The van der Waals surface area contributed by atoms with Crippen molar-refractivity contribution in [2.75, 3.05) is 19.8 Å². The van der Waals surface area contributed by atoms with Crippen molar-refractivity contribution in [3.8, 4) is 0 Å². The fourth-order valence-electron chi connectivity index (χ4n) is 2.30. The molecule has 1 saturated heterocycles. The number of hydrogen-bond donors (Lipinski definition) is 1. The highest BCUT2D eigenvalue weighted by atomic mass is 79.9. The smallest absolute Gasteiger partial charge is 0.328 e. The molecule has 1 atom stereocenters. The SMILES string of the molecule is O=C(O)C1COCCN1C(=O)c1cc2ccc(Br)cc2o1. The number of nitrogens with zero attached hydrogens (tertiary/aromatic N) is 1. The number of carboxylic acids is 1. The standard InChI is InChI=1S/C14H12BrNO5/c15-9-2-1-8-5-12(21-11(8)6-9)13(17)16-3-4-20-7-10(16)14(18)19/h1-2,5-6,10H,3-4,7H2,(H,18,19). The first-order valence-electron chi connectivity index (χ1n) is 6.37. The largest absolute Gasteiger partial charge is 0.480 e. The summed E-state index contributed by atoms with van der Waals surface area (Å²) in [6, 6.07) is 6.08. The van der Waals surface area contributed by atoms with Crippen LogP contribution >= 0.6 is 15.9 Å². The molecule has 0 saturated carbocycles. The molecule has 1 aromatic heterocycles. The lowest BCUT2D eigenvalue weighted by Gasteiger charge is -2.32. The molecule has 7 heteroatoms. The van der Waals surface area contributed by atoms with E-state index in [1.807, 2.05) is 12.1 Å². The zero-order valence-corrected chi connectivity index (χ0v) is 12.5. The maximum Gasteiger partial charge on any atom is 0.328 e. The first-order chi connectivity index (χ1) is 10.1. The van der Waals surface area contributed by atoms with Gasteiger partial charge in [-0.05, 0) is 24.3 Å². The van der Waals surface area contributed by atoms with Gasteiger partial charge in [0.1, 0.15) is 5.58 Å². The normalized spacial score (nSPS) is 18.9. The molecule has 0 radical (unpaired) electrons. The summed E-state index contributed by atoms with van der Waals surface area (Å²) in [6.45, 7) is 0.546. The third kappa shape index (κ3) is 2.66. The van der Waals surface area contributed by atoms with Gasteiger partial charge in [-0.25, -0.2) is 4.79 Å². The Bertz CT molecular complexity index is 710. The third-order valence-electron chi connectivity index (χ3n) is 3.37. The van der Waals surface area contributed by atoms with Crippen molar-refractivity contribution in [3.63, 3.8) is 0 Å². The van der Waals surface area contributed by atoms with Gasteiger partial charge in [0.15, 0.2) is 11.8 Å². The van der Waals surface area contributed by atoms with E-state index < -0.39 is 17.9 Å². The highest BCUT2D eigenvalue weighted by molar-refractivity contribution is 9.10. The number of carboxylic acid groups (broad SMARTS) is 1. The number of halogens is 1.